The fourth-order valence-electron chi connectivity index (χ4n) is 4.23. The van der Waals surface area contributed by atoms with Crippen LogP contribution in [-0.4, -0.2) is 49.4 Å². The molecule has 2 aliphatic rings. The van der Waals surface area contributed by atoms with Crippen LogP contribution < -0.4 is 4.74 Å². The Morgan fingerprint density at radius 3 is 2.85 bits per heavy atom. The summed E-state index contributed by atoms with van der Waals surface area (Å²) in [4.78, 5) is 14.1. The van der Waals surface area contributed by atoms with Gasteiger partial charge in [0.1, 0.15) is 5.75 Å². The molecule has 0 amide bonds. The van der Waals surface area contributed by atoms with Crippen molar-refractivity contribution < 1.29 is 19.0 Å². The number of rotatable bonds is 7. The first-order valence-electron chi connectivity index (χ1n) is 9.81. The van der Waals surface area contributed by atoms with Crippen molar-refractivity contribution in [1.82, 2.24) is 4.90 Å². The van der Waals surface area contributed by atoms with Crippen molar-refractivity contribution in [1.29, 1.82) is 0 Å². The van der Waals surface area contributed by atoms with E-state index >= 15 is 0 Å². The lowest BCUT2D eigenvalue weighted by Crippen LogP contribution is -2.47. The second-order valence-electron chi connectivity index (χ2n) is 7.47. The van der Waals surface area contributed by atoms with Crippen LogP contribution in [0.15, 0.2) is 24.3 Å². The van der Waals surface area contributed by atoms with Gasteiger partial charge in [0.15, 0.2) is 0 Å². The van der Waals surface area contributed by atoms with Crippen molar-refractivity contribution in [3.63, 3.8) is 0 Å². The van der Waals surface area contributed by atoms with Gasteiger partial charge < -0.3 is 14.2 Å². The summed E-state index contributed by atoms with van der Waals surface area (Å²) in [5, 5.41) is 0. The van der Waals surface area contributed by atoms with Crippen LogP contribution in [-0.2, 0) is 20.8 Å². The zero-order valence-electron chi connectivity index (χ0n) is 16.0. The van der Waals surface area contributed by atoms with Crippen molar-refractivity contribution in [3.05, 3.63) is 29.8 Å². The standard InChI is InChI=1S/C21H31NO4/c1-3-25-20(23)10-9-19-11-13-21(26-19)12-4-14-22(16-21)15-17-5-7-18(24-2)8-6-17/h5-8,19H,3-4,9-16H2,1-2H3/t19-,21+/m1/s1. The summed E-state index contributed by atoms with van der Waals surface area (Å²) >= 11 is 0. The first kappa shape index (κ1) is 19.2. The number of ether oxygens (including phenoxy) is 3. The summed E-state index contributed by atoms with van der Waals surface area (Å²) in [7, 11) is 1.69. The van der Waals surface area contributed by atoms with Gasteiger partial charge in [-0.1, -0.05) is 12.1 Å². The highest BCUT2D eigenvalue weighted by Crippen LogP contribution is 2.39. The number of likely N-dealkylation sites (tertiary alicyclic amines) is 1. The number of carbonyl (C=O) groups is 1. The largest absolute Gasteiger partial charge is 0.497 e. The van der Waals surface area contributed by atoms with E-state index in [1.54, 1.807) is 7.11 Å². The van der Waals surface area contributed by atoms with Gasteiger partial charge in [-0.25, -0.2) is 0 Å². The Morgan fingerprint density at radius 1 is 1.31 bits per heavy atom. The topological polar surface area (TPSA) is 48.0 Å². The van der Waals surface area contributed by atoms with Crippen molar-refractivity contribution in [2.45, 2.75) is 63.7 Å². The Balaban J connectivity index is 1.50. The molecule has 2 heterocycles. The van der Waals surface area contributed by atoms with Crippen LogP contribution >= 0.6 is 0 Å². The van der Waals surface area contributed by atoms with Gasteiger partial charge in [0, 0.05) is 19.5 Å². The van der Waals surface area contributed by atoms with Gasteiger partial charge in [0.2, 0.25) is 0 Å². The third-order valence-electron chi connectivity index (χ3n) is 5.50. The number of carbonyl (C=O) groups excluding carboxylic acids is 1. The van der Waals surface area contributed by atoms with E-state index in [4.69, 9.17) is 14.2 Å². The highest BCUT2D eigenvalue weighted by atomic mass is 16.5. The maximum Gasteiger partial charge on any atom is 0.305 e. The first-order valence-corrected chi connectivity index (χ1v) is 9.81. The average Bonchev–Trinajstić information content (AvgIpc) is 3.03. The molecule has 2 atom stereocenters. The van der Waals surface area contributed by atoms with Crippen molar-refractivity contribution in [3.8, 4) is 5.75 Å². The smallest absolute Gasteiger partial charge is 0.305 e. The Labute approximate surface area is 156 Å². The maximum atomic E-state index is 11.6. The summed E-state index contributed by atoms with van der Waals surface area (Å²) in [6.45, 7) is 5.34. The molecule has 0 aliphatic carbocycles. The molecule has 2 fully saturated rings. The lowest BCUT2D eigenvalue weighted by molar-refractivity contribution is -0.144. The Bertz CT molecular complexity index is 588. The van der Waals surface area contributed by atoms with E-state index in [1.165, 1.54) is 12.0 Å². The summed E-state index contributed by atoms with van der Waals surface area (Å²) in [5.41, 5.74) is 1.28. The summed E-state index contributed by atoms with van der Waals surface area (Å²) in [5.74, 6) is 0.786. The molecule has 1 aromatic rings. The SMILES string of the molecule is CCOC(=O)CC[C@@H]1CC[C@]2(CCCN(Cc3ccc(OC)cc3)C2)O1. The van der Waals surface area contributed by atoms with Crippen molar-refractivity contribution in [2.24, 2.45) is 0 Å². The molecule has 1 spiro atoms. The van der Waals surface area contributed by atoms with E-state index in [-0.39, 0.29) is 17.7 Å². The number of piperidine rings is 1. The van der Waals surface area contributed by atoms with E-state index in [0.29, 0.717) is 13.0 Å². The number of hydrogen-bond acceptors (Lipinski definition) is 5. The van der Waals surface area contributed by atoms with E-state index in [9.17, 15) is 4.79 Å². The van der Waals surface area contributed by atoms with Gasteiger partial charge in [0.25, 0.3) is 0 Å². The minimum Gasteiger partial charge on any atom is -0.497 e. The van der Waals surface area contributed by atoms with Crippen LogP contribution in [0.2, 0.25) is 0 Å². The molecule has 5 nitrogen and oxygen atoms in total. The van der Waals surface area contributed by atoms with E-state index in [0.717, 1.165) is 51.1 Å². The van der Waals surface area contributed by atoms with Gasteiger partial charge in [-0.3, -0.25) is 9.69 Å². The molecule has 26 heavy (non-hydrogen) atoms. The normalized spacial score (nSPS) is 26.2. The first-order chi connectivity index (χ1) is 12.6. The third kappa shape index (κ3) is 4.98. The number of nitrogens with zero attached hydrogens (tertiary/aromatic N) is 1. The molecule has 2 saturated heterocycles. The Morgan fingerprint density at radius 2 is 2.12 bits per heavy atom. The molecular formula is C21H31NO4. The highest BCUT2D eigenvalue weighted by Gasteiger charge is 2.43. The Kier molecular flexibility index (Phi) is 6.54. The van der Waals surface area contributed by atoms with Gasteiger partial charge >= 0.3 is 5.97 Å². The summed E-state index contributed by atoms with van der Waals surface area (Å²) in [6, 6.07) is 8.31. The quantitative estimate of drug-likeness (QED) is 0.695. The number of esters is 1. The second kappa shape index (κ2) is 8.87. The van der Waals surface area contributed by atoms with Crippen molar-refractivity contribution >= 4 is 5.97 Å². The van der Waals surface area contributed by atoms with E-state index in [2.05, 4.69) is 17.0 Å². The molecule has 144 valence electrons. The summed E-state index contributed by atoms with van der Waals surface area (Å²) < 4.78 is 16.7. The predicted molar refractivity (Wildman–Crippen MR) is 100 cm³/mol. The molecular weight excluding hydrogens is 330 g/mol. The van der Waals surface area contributed by atoms with E-state index < -0.39 is 0 Å². The molecule has 2 aliphatic heterocycles. The molecule has 0 unspecified atom stereocenters. The zero-order valence-corrected chi connectivity index (χ0v) is 16.0. The summed E-state index contributed by atoms with van der Waals surface area (Å²) in [6.07, 6.45) is 5.88. The lowest BCUT2D eigenvalue weighted by atomic mass is 9.89. The van der Waals surface area contributed by atoms with Crippen LogP contribution in [0.25, 0.3) is 0 Å². The molecule has 0 bridgehead atoms. The van der Waals surface area contributed by atoms with E-state index in [1.807, 2.05) is 19.1 Å². The zero-order chi connectivity index (χ0) is 18.4. The van der Waals surface area contributed by atoms with Gasteiger partial charge in [0.05, 0.1) is 25.4 Å². The lowest BCUT2D eigenvalue weighted by Gasteiger charge is -2.40. The van der Waals surface area contributed by atoms with Crippen LogP contribution in [0.4, 0.5) is 0 Å². The van der Waals surface area contributed by atoms with Crippen LogP contribution in [0.5, 0.6) is 5.75 Å². The molecule has 0 aromatic heterocycles. The second-order valence-corrected chi connectivity index (χ2v) is 7.47. The maximum absolute atomic E-state index is 11.6. The minimum atomic E-state index is -0.109. The highest BCUT2D eigenvalue weighted by molar-refractivity contribution is 5.69. The molecule has 1 aromatic carbocycles. The molecule has 0 saturated carbocycles. The third-order valence-corrected chi connectivity index (χ3v) is 5.50. The Hall–Kier alpha value is -1.59. The van der Waals surface area contributed by atoms with Crippen LogP contribution in [0.1, 0.15) is 51.0 Å². The fraction of sp³-hybridized carbons (Fsp3) is 0.667. The molecule has 3 rings (SSSR count). The number of methoxy groups -OCH3 is 1. The predicted octanol–water partition coefficient (Wildman–Crippen LogP) is 3.55. The van der Waals surface area contributed by atoms with Gasteiger partial charge in [-0.2, -0.15) is 0 Å². The average molecular weight is 361 g/mol. The molecule has 0 radical (unpaired) electrons. The molecule has 0 N–H and O–H groups in total. The fourth-order valence-corrected chi connectivity index (χ4v) is 4.23. The van der Waals surface area contributed by atoms with Crippen LogP contribution in [0.3, 0.4) is 0 Å². The van der Waals surface area contributed by atoms with Gasteiger partial charge in [-0.05, 0) is 63.3 Å². The van der Waals surface area contributed by atoms with Crippen LogP contribution in [0, 0.1) is 0 Å². The monoisotopic (exact) mass is 361 g/mol. The molecule has 5 heteroatoms. The van der Waals surface area contributed by atoms with Crippen molar-refractivity contribution in [2.75, 3.05) is 26.8 Å². The number of benzene rings is 1. The minimum absolute atomic E-state index is 0.0238. The number of hydrogen-bond donors (Lipinski definition) is 0. The van der Waals surface area contributed by atoms with Gasteiger partial charge in [-0.15, -0.1) is 0 Å².